The van der Waals surface area contributed by atoms with Crippen molar-refractivity contribution >= 4 is 44.6 Å². The van der Waals surface area contributed by atoms with E-state index in [1.165, 1.54) is 0 Å². The van der Waals surface area contributed by atoms with E-state index < -0.39 is 5.72 Å². The van der Waals surface area contributed by atoms with Crippen LogP contribution in [0.2, 0.25) is 0 Å². The number of halogens is 1. The molecular formula is C21H14BrN3O2S. The van der Waals surface area contributed by atoms with Gasteiger partial charge in [-0.25, -0.2) is 5.01 Å². The maximum Gasteiger partial charge on any atom is 0.306 e. The van der Waals surface area contributed by atoms with Crippen molar-refractivity contribution in [3.05, 3.63) is 80.5 Å². The smallest absolute Gasteiger partial charge is 0.306 e. The van der Waals surface area contributed by atoms with Crippen LogP contribution in [0.4, 0.5) is 5.69 Å². The first-order chi connectivity index (χ1) is 13.7. The summed E-state index contributed by atoms with van der Waals surface area (Å²) in [5, 5.41) is 11.8. The molecule has 0 radical (unpaired) electrons. The van der Waals surface area contributed by atoms with Gasteiger partial charge in [-0.15, -0.1) is 11.3 Å². The molecule has 5 nitrogen and oxygen atoms in total. The highest BCUT2D eigenvalue weighted by atomic mass is 79.9. The molecule has 4 heterocycles. The summed E-state index contributed by atoms with van der Waals surface area (Å²) in [7, 11) is 0. The van der Waals surface area contributed by atoms with E-state index in [-0.39, 0.29) is 11.9 Å². The Kier molecular flexibility index (Phi) is 3.31. The van der Waals surface area contributed by atoms with Crippen molar-refractivity contribution in [2.24, 2.45) is 5.10 Å². The molecule has 0 unspecified atom stereocenters. The Morgan fingerprint density at radius 3 is 2.96 bits per heavy atom. The second-order valence-corrected chi connectivity index (χ2v) is 8.88. The van der Waals surface area contributed by atoms with E-state index in [9.17, 15) is 4.79 Å². The normalized spacial score (nSPS) is 24.3. The number of thiophene rings is 1. The first kappa shape index (κ1) is 16.3. The Hall–Kier alpha value is -2.64. The van der Waals surface area contributed by atoms with Crippen molar-refractivity contribution in [2.75, 3.05) is 5.32 Å². The second kappa shape index (κ2) is 5.68. The summed E-state index contributed by atoms with van der Waals surface area (Å²) >= 11 is 5.20. The highest BCUT2D eigenvalue weighted by molar-refractivity contribution is 9.10. The lowest BCUT2D eigenvalue weighted by atomic mass is 9.93. The number of amides is 1. The third-order valence-corrected chi connectivity index (χ3v) is 6.89. The quantitative estimate of drug-likeness (QED) is 0.574. The molecule has 1 aromatic heterocycles. The van der Waals surface area contributed by atoms with Gasteiger partial charge in [-0.05, 0) is 35.7 Å². The van der Waals surface area contributed by atoms with Gasteiger partial charge in [-0.1, -0.05) is 40.2 Å². The molecule has 2 atom stereocenters. The van der Waals surface area contributed by atoms with Crippen LogP contribution < -0.4 is 10.1 Å². The minimum absolute atomic E-state index is 0.0577. The molecule has 138 valence electrons. The summed E-state index contributed by atoms with van der Waals surface area (Å²) in [6.45, 7) is 0. The van der Waals surface area contributed by atoms with Crippen LogP contribution in [0, 0.1) is 0 Å². The summed E-state index contributed by atoms with van der Waals surface area (Å²) in [5.74, 6) is 0.519. The van der Waals surface area contributed by atoms with Crippen LogP contribution in [0.25, 0.3) is 0 Å². The van der Waals surface area contributed by atoms with Crippen LogP contribution in [-0.2, 0) is 10.5 Å². The molecule has 6 rings (SSSR count). The van der Waals surface area contributed by atoms with Gasteiger partial charge < -0.3 is 10.1 Å². The third-order valence-electron chi connectivity index (χ3n) is 5.48. The van der Waals surface area contributed by atoms with Crippen LogP contribution in [0.15, 0.2) is 69.6 Å². The number of anilines is 1. The van der Waals surface area contributed by atoms with E-state index in [2.05, 4.69) is 33.4 Å². The van der Waals surface area contributed by atoms with E-state index in [1.807, 2.05) is 52.9 Å². The van der Waals surface area contributed by atoms with E-state index >= 15 is 0 Å². The maximum absolute atomic E-state index is 13.3. The number of hydrazone groups is 1. The average molecular weight is 452 g/mol. The molecule has 1 amide bonds. The molecule has 3 aliphatic heterocycles. The fourth-order valence-corrected chi connectivity index (χ4v) is 5.34. The Morgan fingerprint density at radius 2 is 2.11 bits per heavy atom. The summed E-state index contributed by atoms with van der Waals surface area (Å²) in [4.78, 5) is 14.4. The molecule has 0 bridgehead atoms. The monoisotopic (exact) mass is 451 g/mol. The van der Waals surface area contributed by atoms with Crippen molar-refractivity contribution in [3.8, 4) is 5.75 Å². The molecule has 2 aromatic carbocycles. The number of nitrogens with zero attached hydrogens (tertiary/aromatic N) is 2. The number of carbonyl (C=O) groups is 1. The average Bonchev–Trinajstić information content (AvgIpc) is 3.42. The predicted molar refractivity (Wildman–Crippen MR) is 112 cm³/mol. The summed E-state index contributed by atoms with van der Waals surface area (Å²) in [5.41, 5.74) is 2.27. The Balaban J connectivity index is 1.60. The summed E-state index contributed by atoms with van der Waals surface area (Å²) < 4.78 is 7.33. The fourth-order valence-electron chi connectivity index (χ4n) is 4.25. The number of ether oxygens (including phenoxy) is 1. The maximum atomic E-state index is 13.3. The number of rotatable bonds is 1. The van der Waals surface area contributed by atoms with Gasteiger partial charge in [0.2, 0.25) is 0 Å². The first-order valence-electron chi connectivity index (χ1n) is 8.97. The van der Waals surface area contributed by atoms with Crippen LogP contribution in [0.5, 0.6) is 5.75 Å². The minimum atomic E-state index is -1.31. The molecule has 0 saturated heterocycles. The summed E-state index contributed by atoms with van der Waals surface area (Å²) in [6.07, 6.45) is 0.735. The molecule has 0 fully saturated rings. The second-order valence-electron chi connectivity index (χ2n) is 7.02. The van der Waals surface area contributed by atoms with Crippen LogP contribution >= 0.6 is 27.3 Å². The molecular weight excluding hydrogens is 438 g/mol. The summed E-state index contributed by atoms with van der Waals surface area (Å²) in [6, 6.07) is 17.7. The lowest BCUT2D eigenvalue weighted by Crippen LogP contribution is -2.55. The van der Waals surface area contributed by atoms with Gasteiger partial charge >= 0.3 is 5.72 Å². The number of carbonyl (C=O) groups excluding carboxylic acids is 1. The molecule has 0 aliphatic carbocycles. The third kappa shape index (κ3) is 2.06. The van der Waals surface area contributed by atoms with E-state index in [4.69, 9.17) is 9.84 Å². The molecule has 28 heavy (non-hydrogen) atoms. The van der Waals surface area contributed by atoms with Crippen molar-refractivity contribution in [3.63, 3.8) is 0 Å². The molecule has 1 N–H and O–H groups in total. The topological polar surface area (TPSA) is 53.9 Å². The van der Waals surface area contributed by atoms with Crippen LogP contribution in [0.1, 0.15) is 28.5 Å². The zero-order valence-corrected chi connectivity index (χ0v) is 17.0. The number of nitrogens with one attached hydrogen (secondary N) is 1. The Labute approximate surface area is 173 Å². The molecule has 3 aromatic rings. The lowest BCUT2D eigenvalue weighted by molar-refractivity contribution is -0.161. The highest BCUT2D eigenvalue weighted by Crippen LogP contribution is 2.54. The fraction of sp³-hybridized carbons (Fsp3) is 0.143. The number of fused-ring (bicyclic) bond motifs is 6. The van der Waals surface area contributed by atoms with E-state index in [1.54, 1.807) is 11.3 Å². The van der Waals surface area contributed by atoms with E-state index in [0.29, 0.717) is 0 Å². The van der Waals surface area contributed by atoms with Gasteiger partial charge in [0.25, 0.3) is 5.91 Å². The molecule has 3 aliphatic rings. The standard InChI is InChI=1S/C21H14BrN3O2S/c22-12-7-8-15-14(10-12)21(20(26)23-15)25-17(13-4-1-2-5-18(13)27-21)11-16(24-25)19-6-3-9-28-19/h1-10,17H,11H2,(H,23,26)/t17-,21+/m1/s1. The van der Waals surface area contributed by atoms with Crippen LogP contribution in [-0.4, -0.2) is 16.6 Å². The predicted octanol–water partition coefficient (Wildman–Crippen LogP) is 4.86. The Morgan fingerprint density at radius 1 is 1.21 bits per heavy atom. The van der Waals surface area contributed by atoms with Crippen molar-refractivity contribution < 1.29 is 9.53 Å². The van der Waals surface area contributed by atoms with Crippen molar-refractivity contribution in [1.29, 1.82) is 0 Å². The Bertz CT molecular complexity index is 1160. The van der Waals surface area contributed by atoms with Crippen molar-refractivity contribution in [2.45, 2.75) is 18.2 Å². The lowest BCUT2D eigenvalue weighted by Gasteiger charge is -2.44. The number of hydrogen-bond donors (Lipinski definition) is 1. The molecule has 1 spiro atoms. The van der Waals surface area contributed by atoms with Gasteiger partial charge in [-0.2, -0.15) is 5.10 Å². The highest BCUT2D eigenvalue weighted by Gasteiger charge is 2.60. The van der Waals surface area contributed by atoms with E-state index in [0.717, 1.165) is 44.0 Å². The molecule has 7 heteroatoms. The zero-order chi connectivity index (χ0) is 18.9. The minimum Gasteiger partial charge on any atom is -0.453 e. The van der Waals surface area contributed by atoms with Gasteiger partial charge in [0.15, 0.2) is 0 Å². The van der Waals surface area contributed by atoms with Gasteiger partial charge in [-0.3, -0.25) is 4.79 Å². The van der Waals surface area contributed by atoms with Crippen LogP contribution in [0.3, 0.4) is 0 Å². The van der Waals surface area contributed by atoms with Gasteiger partial charge in [0.05, 0.1) is 27.9 Å². The van der Waals surface area contributed by atoms with Gasteiger partial charge in [0.1, 0.15) is 5.75 Å². The zero-order valence-electron chi connectivity index (χ0n) is 14.6. The number of benzene rings is 2. The van der Waals surface area contributed by atoms with Crippen molar-refractivity contribution in [1.82, 2.24) is 5.01 Å². The largest absolute Gasteiger partial charge is 0.453 e. The number of hydrogen-bond acceptors (Lipinski definition) is 5. The SMILES string of the molecule is O=C1Nc2ccc(Br)cc2[C@]12Oc1ccccc1[C@H]1CC(c3cccs3)=NN12. The van der Waals surface area contributed by atoms with Gasteiger partial charge in [0, 0.05) is 16.5 Å². The number of para-hydroxylation sites is 1. The molecule has 0 saturated carbocycles. The first-order valence-corrected chi connectivity index (χ1v) is 10.6.